The van der Waals surface area contributed by atoms with E-state index >= 15 is 0 Å². The second kappa shape index (κ2) is 7.96. The van der Waals surface area contributed by atoms with E-state index < -0.39 is 11.8 Å². The molecule has 0 radical (unpaired) electrons. The van der Waals surface area contributed by atoms with Gasteiger partial charge in [-0.3, -0.25) is 19.5 Å². The predicted molar refractivity (Wildman–Crippen MR) is 91.0 cm³/mol. The molecule has 0 spiro atoms. The van der Waals surface area contributed by atoms with E-state index in [4.69, 9.17) is 12.2 Å². The van der Waals surface area contributed by atoms with Gasteiger partial charge in [0.2, 0.25) is 11.8 Å². The van der Waals surface area contributed by atoms with Crippen LogP contribution in [0.25, 0.3) is 0 Å². The number of imidazole rings is 1. The van der Waals surface area contributed by atoms with Gasteiger partial charge in [-0.15, -0.1) is 0 Å². The number of thiocarbonyl (C=S) groups is 1. The van der Waals surface area contributed by atoms with Crippen LogP contribution in [-0.4, -0.2) is 50.2 Å². The average Bonchev–Trinajstić information content (AvgIpc) is 3.02. The maximum atomic E-state index is 12.5. The molecule has 0 unspecified atom stereocenters. The number of rotatable bonds is 7. The Morgan fingerprint density at radius 2 is 2.30 bits per heavy atom. The highest BCUT2D eigenvalue weighted by molar-refractivity contribution is 7.80. The Hall–Kier alpha value is -2.09. The molecule has 1 aliphatic rings. The molecule has 2 amide bonds. The third-order valence-electron chi connectivity index (χ3n) is 3.78. The zero-order valence-electron chi connectivity index (χ0n) is 13.3. The standard InChI is InChI=1S/C15H21N5O2S/c1-3-11(2)20-14(22)12(13(21)18-15(20)23)9-16-5-4-7-19-8-6-17-10-19/h6,8-12H,3-5,7H2,1-2H3,(H,18,21,23)/t11-,12+/m1/s1. The summed E-state index contributed by atoms with van der Waals surface area (Å²) >= 11 is 5.10. The molecular weight excluding hydrogens is 314 g/mol. The molecule has 2 heterocycles. The van der Waals surface area contributed by atoms with E-state index in [0.717, 1.165) is 19.4 Å². The summed E-state index contributed by atoms with van der Waals surface area (Å²) in [6, 6.07) is -0.0484. The van der Waals surface area contributed by atoms with Gasteiger partial charge in [0.05, 0.1) is 6.33 Å². The number of amides is 2. The number of aliphatic imine (C=N–C) groups is 1. The van der Waals surface area contributed by atoms with Gasteiger partial charge < -0.3 is 9.88 Å². The second-order valence-electron chi connectivity index (χ2n) is 5.45. The molecule has 0 aliphatic carbocycles. The normalized spacial score (nSPS) is 20.2. The molecule has 1 aromatic rings. The Kier molecular flexibility index (Phi) is 5.97. The fraction of sp³-hybridized carbons (Fsp3) is 0.533. The number of nitrogens with one attached hydrogen (secondary N) is 1. The number of nitrogens with zero attached hydrogens (tertiary/aromatic N) is 4. The van der Waals surface area contributed by atoms with Gasteiger partial charge in [-0.05, 0) is 32.0 Å². The zero-order chi connectivity index (χ0) is 16.8. The first-order chi connectivity index (χ1) is 11.0. The molecule has 23 heavy (non-hydrogen) atoms. The molecule has 1 fully saturated rings. The lowest BCUT2D eigenvalue weighted by Gasteiger charge is -2.34. The van der Waals surface area contributed by atoms with Gasteiger partial charge in [0.25, 0.3) is 0 Å². The highest BCUT2D eigenvalue weighted by atomic mass is 32.1. The predicted octanol–water partition coefficient (Wildman–Crippen LogP) is 1.00. The van der Waals surface area contributed by atoms with E-state index in [1.54, 1.807) is 12.5 Å². The Morgan fingerprint density at radius 1 is 1.52 bits per heavy atom. The van der Waals surface area contributed by atoms with Gasteiger partial charge in [0.1, 0.15) is 0 Å². The van der Waals surface area contributed by atoms with Crippen molar-refractivity contribution >= 4 is 35.4 Å². The van der Waals surface area contributed by atoms with Crippen molar-refractivity contribution in [2.45, 2.75) is 39.3 Å². The number of aryl methyl sites for hydroxylation is 1. The quantitative estimate of drug-likeness (QED) is 0.349. The summed E-state index contributed by atoms with van der Waals surface area (Å²) in [6.07, 6.45) is 8.35. The third kappa shape index (κ3) is 4.22. The van der Waals surface area contributed by atoms with E-state index in [-0.39, 0.29) is 17.1 Å². The van der Waals surface area contributed by atoms with Gasteiger partial charge in [-0.2, -0.15) is 0 Å². The summed E-state index contributed by atoms with van der Waals surface area (Å²) in [5.74, 6) is -1.60. The highest BCUT2D eigenvalue weighted by Gasteiger charge is 2.39. The summed E-state index contributed by atoms with van der Waals surface area (Å²) in [4.78, 5) is 34.1. The Bertz CT molecular complexity index is 599. The molecule has 1 saturated heterocycles. The topological polar surface area (TPSA) is 79.6 Å². The van der Waals surface area contributed by atoms with Gasteiger partial charge >= 0.3 is 0 Å². The van der Waals surface area contributed by atoms with Crippen LogP contribution in [0.5, 0.6) is 0 Å². The molecule has 0 aromatic carbocycles. The smallest absolute Gasteiger partial charge is 0.247 e. The minimum atomic E-state index is -0.899. The number of hydrogen-bond donors (Lipinski definition) is 1. The van der Waals surface area contributed by atoms with E-state index in [0.29, 0.717) is 6.54 Å². The SMILES string of the molecule is CC[C@@H](C)N1C(=O)[C@@H](C=NCCCn2ccnc2)C(=O)NC1=S. The van der Waals surface area contributed by atoms with E-state index in [1.165, 1.54) is 11.1 Å². The maximum Gasteiger partial charge on any atom is 0.247 e. The average molecular weight is 335 g/mol. The molecule has 0 saturated carbocycles. The first-order valence-corrected chi connectivity index (χ1v) is 8.09. The zero-order valence-corrected chi connectivity index (χ0v) is 14.1. The Balaban J connectivity index is 1.91. The number of aromatic nitrogens is 2. The van der Waals surface area contributed by atoms with Crippen molar-refractivity contribution in [2.24, 2.45) is 10.9 Å². The minimum Gasteiger partial charge on any atom is -0.337 e. The molecule has 1 aliphatic heterocycles. The number of carbonyl (C=O) groups is 2. The van der Waals surface area contributed by atoms with Crippen LogP contribution >= 0.6 is 12.2 Å². The Labute approximate surface area is 140 Å². The van der Waals surface area contributed by atoms with Crippen LogP contribution in [0.3, 0.4) is 0 Å². The summed E-state index contributed by atoms with van der Waals surface area (Å²) in [7, 11) is 0. The molecule has 2 atom stereocenters. The third-order valence-corrected chi connectivity index (χ3v) is 4.08. The van der Waals surface area contributed by atoms with Gasteiger partial charge in [-0.25, -0.2) is 4.98 Å². The molecule has 1 aromatic heterocycles. The fourth-order valence-corrected chi connectivity index (χ4v) is 2.65. The molecule has 2 rings (SSSR count). The summed E-state index contributed by atoms with van der Waals surface area (Å²) < 4.78 is 1.96. The van der Waals surface area contributed by atoms with E-state index in [9.17, 15) is 9.59 Å². The molecule has 0 bridgehead atoms. The van der Waals surface area contributed by atoms with Gasteiger partial charge in [0, 0.05) is 37.7 Å². The molecule has 124 valence electrons. The minimum absolute atomic E-state index is 0.0484. The first kappa shape index (κ1) is 17.3. The molecular formula is C15H21N5O2S. The van der Waals surface area contributed by atoms with E-state index in [2.05, 4.69) is 15.3 Å². The monoisotopic (exact) mass is 335 g/mol. The van der Waals surface area contributed by atoms with Crippen LogP contribution in [0.2, 0.25) is 0 Å². The molecule has 8 heteroatoms. The maximum absolute atomic E-state index is 12.5. The lowest BCUT2D eigenvalue weighted by Crippen LogP contribution is -2.60. The van der Waals surface area contributed by atoms with Crippen molar-refractivity contribution in [2.75, 3.05) is 6.54 Å². The lowest BCUT2D eigenvalue weighted by molar-refractivity contribution is -0.139. The molecule has 7 nitrogen and oxygen atoms in total. The first-order valence-electron chi connectivity index (χ1n) is 7.68. The second-order valence-corrected chi connectivity index (χ2v) is 5.83. The highest BCUT2D eigenvalue weighted by Crippen LogP contribution is 2.14. The van der Waals surface area contributed by atoms with Crippen LogP contribution in [0, 0.1) is 5.92 Å². The van der Waals surface area contributed by atoms with Crippen molar-refractivity contribution in [1.29, 1.82) is 0 Å². The van der Waals surface area contributed by atoms with Crippen LogP contribution in [0.4, 0.5) is 0 Å². The van der Waals surface area contributed by atoms with Crippen molar-refractivity contribution in [3.63, 3.8) is 0 Å². The van der Waals surface area contributed by atoms with Crippen molar-refractivity contribution < 1.29 is 9.59 Å². The van der Waals surface area contributed by atoms with Gasteiger partial charge in [0.15, 0.2) is 11.0 Å². The summed E-state index contributed by atoms with van der Waals surface area (Å²) in [5, 5.41) is 2.76. The van der Waals surface area contributed by atoms with Crippen molar-refractivity contribution in [1.82, 2.24) is 19.8 Å². The number of hydrogen-bond acceptors (Lipinski definition) is 5. The van der Waals surface area contributed by atoms with Crippen LogP contribution < -0.4 is 5.32 Å². The van der Waals surface area contributed by atoms with Crippen molar-refractivity contribution in [3.05, 3.63) is 18.7 Å². The van der Waals surface area contributed by atoms with Gasteiger partial charge in [-0.1, -0.05) is 6.92 Å². The summed E-state index contributed by atoms with van der Waals surface area (Å²) in [6.45, 7) is 5.21. The number of carbonyl (C=O) groups excluding carboxylic acids is 2. The molecule has 1 N–H and O–H groups in total. The largest absolute Gasteiger partial charge is 0.337 e. The van der Waals surface area contributed by atoms with Crippen LogP contribution in [-0.2, 0) is 16.1 Å². The van der Waals surface area contributed by atoms with Crippen LogP contribution in [0.15, 0.2) is 23.7 Å². The lowest BCUT2D eigenvalue weighted by atomic mass is 10.0. The fourth-order valence-electron chi connectivity index (χ4n) is 2.28. The summed E-state index contributed by atoms with van der Waals surface area (Å²) in [5.41, 5.74) is 0. The van der Waals surface area contributed by atoms with Crippen LogP contribution in [0.1, 0.15) is 26.7 Å². The van der Waals surface area contributed by atoms with Crippen molar-refractivity contribution in [3.8, 4) is 0 Å². The van der Waals surface area contributed by atoms with E-state index in [1.807, 2.05) is 24.6 Å². The Morgan fingerprint density at radius 3 is 2.96 bits per heavy atom.